The highest BCUT2D eigenvalue weighted by Gasteiger charge is 2.16. The predicted molar refractivity (Wildman–Crippen MR) is 95.6 cm³/mol. The van der Waals surface area contributed by atoms with Gasteiger partial charge in [-0.2, -0.15) is 0 Å². The van der Waals surface area contributed by atoms with Gasteiger partial charge in [-0.15, -0.1) is 0 Å². The third kappa shape index (κ3) is 4.91. The molecule has 2 amide bonds. The van der Waals surface area contributed by atoms with E-state index in [0.29, 0.717) is 16.9 Å². The number of carbonyl (C=O) groups is 3. The van der Waals surface area contributed by atoms with Crippen molar-refractivity contribution in [2.45, 2.75) is 13.8 Å². The van der Waals surface area contributed by atoms with Gasteiger partial charge in [-0.25, -0.2) is 4.79 Å². The summed E-state index contributed by atoms with van der Waals surface area (Å²) in [5.41, 5.74) is 2.66. The minimum absolute atomic E-state index is 0.100. The van der Waals surface area contributed by atoms with Crippen LogP contribution in [0.15, 0.2) is 48.5 Å². The second-order valence-electron chi connectivity index (χ2n) is 5.56. The van der Waals surface area contributed by atoms with Crippen LogP contribution in [-0.4, -0.2) is 31.4 Å². The topological polar surface area (TPSA) is 75.7 Å². The number of aryl methyl sites for hydroxylation is 1. The highest BCUT2D eigenvalue weighted by atomic mass is 16.5. The van der Waals surface area contributed by atoms with Crippen molar-refractivity contribution in [3.05, 3.63) is 59.7 Å². The average Bonchev–Trinajstić information content (AvgIpc) is 2.60. The van der Waals surface area contributed by atoms with Crippen molar-refractivity contribution in [1.29, 1.82) is 0 Å². The normalized spacial score (nSPS) is 10.0. The van der Waals surface area contributed by atoms with E-state index >= 15 is 0 Å². The molecule has 0 heterocycles. The van der Waals surface area contributed by atoms with E-state index < -0.39 is 5.97 Å². The maximum atomic E-state index is 12.2. The predicted octanol–water partition coefficient (Wildman–Crippen LogP) is 2.77. The fourth-order valence-corrected chi connectivity index (χ4v) is 2.26. The minimum atomic E-state index is -0.444. The van der Waals surface area contributed by atoms with Crippen molar-refractivity contribution in [2.75, 3.05) is 23.9 Å². The van der Waals surface area contributed by atoms with Gasteiger partial charge >= 0.3 is 5.97 Å². The van der Waals surface area contributed by atoms with Crippen LogP contribution < -0.4 is 10.2 Å². The first-order valence-electron chi connectivity index (χ1n) is 7.73. The molecule has 0 spiro atoms. The molecule has 0 radical (unpaired) electrons. The Morgan fingerprint density at radius 3 is 2.12 bits per heavy atom. The number of rotatable bonds is 5. The zero-order chi connectivity index (χ0) is 18.4. The Bertz CT molecular complexity index is 767. The monoisotopic (exact) mass is 340 g/mol. The Kier molecular flexibility index (Phi) is 5.89. The van der Waals surface area contributed by atoms with Crippen molar-refractivity contribution in [3.63, 3.8) is 0 Å². The van der Waals surface area contributed by atoms with Crippen LogP contribution in [0.1, 0.15) is 22.8 Å². The lowest BCUT2D eigenvalue weighted by atomic mass is 10.2. The van der Waals surface area contributed by atoms with Gasteiger partial charge in [0.2, 0.25) is 11.8 Å². The first-order valence-corrected chi connectivity index (χ1v) is 7.73. The molecule has 6 nitrogen and oxygen atoms in total. The number of esters is 1. The van der Waals surface area contributed by atoms with Gasteiger partial charge in [0.1, 0.15) is 6.54 Å². The number of ether oxygens (including phenoxy) is 1. The number of hydrogen-bond acceptors (Lipinski definition) is 4. The molecule has 1 N–H and O–H groups in total. The molecule has 0 aliphatic carbocycles. The van der Waals surface area contributed by atoms with Crippen molar-refractivity contribution in [2.24, 2.45) is 0 Å². The Balaban J connectivity index is 2.05. The summed E-state index contributed by atoms with van der Waals surface area (Å²) in [6.45, 7) is 3.27. The van der Waals surface area contributed by atoms with Crippen molar-refractivity contribution in [3.8, 4) is 0 Å². The van der Waals surface area contributed by atoms with Crippen LogP contribution in [0.5, 0.6) is 0 Å². The molecular formula is C19H20N2O4. The Hall–Kier alpha value is -3.15. The highest BCUT2D eigenvalue weighted by Crippen LogP contribution is 2.16. The van der Waals surface area contributed by atoms with E-state index in [2.05, 4.69) is 10.1 Å². The van der Waals surface area contributed by atoms with Gasteiger partial charge in [0.15, 0.2) is 0 Å². The third-order valence-corrected chi connectivity index (χ3v) is 3.62. The maximum Gasteiger partial charge on any atom is 0.337 e. The second kappa shape index (κ2) is 8.10. The van der Waals surface area contributed by atoms with Crippen LogP contribution in [-0.2, 0) is 14.3 Å². The van der Waals surface area contributed by atoms with Gasteiger partial charge in [-0.1, -0.05) is 17.7 Å². The summed E-state index contributed by atoms with van der Waals surface area (Å²) in [6.07, 6.45) is 0. The summed E-state index contributed by atoms with van der Waals surface area (Å²) in [6, 6.07) is 13.7. The molecule has 0 aliphatic rings. The van der Waals surface area contributed by atoms with E-state index in [4.69, 9.17) is 0 Å². The second-order valence-corrected chi connectivity index (χ2v) is 5.56. The molecule has 2 aromatic rings. The number of hydrogen-bond donors (Lipinski definition) is 1. The van der Waals surface area contributed by atoms with E-state index in [1.165, 1.54) is 18.9 Å². The van der Waals surface area contributed by atoms with E-state index in [1.807, 2.05) is 19.1 Å². The third-order valence-electron chi connectivity index (χ3n) is 3.62. The number of nitrogens with zero attached hydrogens (tertiary/aromatic N) is 1. The summed E-state index contributed by atoms with van der Waals surface area (Å²) in [5.74, 6) is -0.998. The first-order chi connectivity index (χ1) is 11.9. The standard InChI is InChI=1S/C19H20N2O4/c1-13-4-10-17(11-5-13)21(14(2)22)12-18(23)20-16-8-6-15(7-9-16)19(24)25-3/h4-11H,12H2,1-3H3,(H,20,23). The number of benzene rings is 2. The Morgan fingerprint density at radius 2 is 1.60 bits per heavy atom. The van der Waals surface area contributed by atoms with E-state index in [0.717, 1.165) is 5.56 Å². The van der Waals surface area contributed by atoms with Crippen molar-refractivity contribution < 1.29 is 19.1 Å². The lowest BCUT2D eigenvalue weighted by Gasteiger charge is -2.21. The van der Waals surface area contributed by atoms with Crippen LogP contribution in [0.2, 0.25) is 0 Å². The van der Waals surface area contributed by atoms with Crippen LogP contribution in [0, 0.1) is 6.92 Å². The molecule has 0 bridgehead atoms. The number of methoxy groups -OCH3 is 1. The molecule has 2 rings (SSSR count). The first kappa shape index (κ1) is 18.2. The molecule has 25 heavy (non-hydrogen) atoms. The number of nitrogens with one attached hydrogen (secondary N) is 1. The Morgan fingerprint density at radius 1 is 1.00 bits per heavy atom. The molecule has 0 unspecified atom stereocenters. The molecule has 0 aromatic heterocycles. The van der Waals surface area contributed by atoms with Crippen molar-refractivity contribution >= 4 is 29.2 Å². The summed E-state index contributed by atoms with van der Waals surface area (Å²) in [5, 5.41) is 2.71. The molecule has 6 heteroatoms. The van der Waals surface area contributed by atoms with E-state index in [1.54, 1.807) is 36.4 Å². The lowest BCUT2D eigenvalue weighted by Crippen LogP contribution is -2.36. The van der Waals surface area contributed by atoms with Crippen LogP contribution in [0.25, 0.3) is 0 Å². The molecule has 0 saturated carbocycles. The zero-order valence-corrected chi connectivity index (χ0v) is 14.4. The molecule has 0 aliphatic heterocycles. The number of anilines is 2. The van der Waals surface area contributed by atoms with Crippen LogP contribution in [0.3, 0.4) is 0 Å². The smallest absolute Gasteiger partial charge is 0.337 e. The SMILES string of the molecule is COC(=O)c1ccc(NC(=O)CN(C(C)=O)c2ccc(C)cc2)cc1. The van der Waals surface area contributed by atoms with Gasteiger partial charge in [0, 0.05) is 18.3 Å². The minimum Gasteiger partial charge on any atom is -0.465 e. The largest absolute Gasteiger partial charge is 0.465 e. The van der Waals surface area contributed by atoms with Gasteiger partial charge < -0.3 is 15.0 Å². The lowest BCUT2D eigenvalue weighted by molar-refractivity contribution is -0.120. The van der Waals surface area contributed by atoms with E-state index in [-0.39, 0.29) is 18.4 Å². The summed E-state index contributed by atoms with van der Waals surface area (Å²) in [4.78, 5) is 36.9. The fourth-order valence-electron chi connectivity index (χ4n) is 2.26. The number of amides is 2. The Labute approximate surface area is 146 Å². The maximum absolute atomic E-state index is 12.2. The van der Waals surface area contributed by atoms with Gasteiger partial charge in [-0.05, 0) is 43.3 Å². The van der Waals surface area contributed by atoms with Crippen LogP contribution in [0.4, 0.5) is 11.4 Å². The summed E-state index contributed by atoms with van der Waals surface area (Å²) < 4.78 is 4.62. The molecule has 0 saturated heterocycles. The van der Waals surface area contributed by atoms with Crippen LogP contribution >= 0.6 is 0 Å². The van der Waals surface area contributed by atoms with Gasteiger partial charge in [-0.3, -0.25) is 9.59 Å². The summed E-state index contributed by atoms with van der Waals surface area (Å²) in [7, 11) is 1.31. The summed E-state index contributed by atoms with van der Waals surface area (Å²) >= 11 is 0. The zero-order valence-electron chi connectivity index (χ0n) is 14.4. The molecule has 0 fully saturated rings. The molecule has 130 valence electrons. The van der Waals surface area contributed by atoms with Gasteiger partial charge in [0.05, 0.1) is 12.7 Å². The van der Waals surface area contributed by atoms with E-state index in [9.17, 15) is 14.4 Å². The number of carbonyl (C=O) groups excluding carboxylic acids is 3. The molecule has 2 aromatic carbocycles. The fraction of sp³-hybridized carbons (Fsp3) is 0.211. The molecule has 0 atom stereocenters. The molecular weight excluding hydrogens is 320 g/mol. The highest BCUT2D eigenvalue weighted by molar-refractivity contribution is 6.02. The quantitative estimate of drug-likeness (QED) is 0.849. The van der Waals surface area contributed by atoms with Gasteiger partial charge in [0.25, 0.3) is 0 Å². The average molecular weight is 340 g/mol. The van der Waals surface area contributed by atoms with Crippen molar-refractivity contribution in [1.82, 2.24) is 0 Å².